The Labute approximate surface area is 235 Å². The van der Waals surface area contributed by atoms with Gasteiger partial charge >= 0.3 is 0 Å². The Bertz CT molecular complexity index is 1420. The summed E-state index contributed by atoms with van der Waals surface area (Å²) < 4.78 is 0. The maximum absolute atomic E-state index is 2.50. The normalized spacial score (nSPS) is 13.9. The van der Waals surface area contributed by atoms with Crippen molar-refractivity contribution in [2.24, 2.45) is 0 Å². The van der Waals surface area contributed by atoms with E-state index in [1.54, 1.807) is 11.1 Å². The van der Waals surface area contributed by atoms with E-state index < -0.39 is 0 Å². The number of fused-ring (bicyclic) bond motifs is 5. The first kappa shape index (κ1) is 29.5. The van der Waals surface area contributed by atoms with Crippen LogP contribution in [0.4, 0.5) is 0 Å². The monoisotopic (exact) mass is 544 g/mol. The fourth-order valence-corrected chi connectivity index (χ4v) is 13.9. The van der Waals surface area contributed by atoms with Crippen LogP contribution in [-0.2, 0) is 12.3 Å². The molecule has 4 aromatic rings. The molecule has 38 heavy (non-hydrogen) atoms. The minimum Gasteiger partial charge on any atom is -0.0911 e. The highest BCUT2D eigenvalue weighted by atomic mass is 31.1. The van der Waals surface area contributed by atoms with E-state index in [2.05, 4.69) is 144 Å². The van der Waals surface area contributed by atoms with Crippen LogP contribution < -0.4 is 0 Å². The third-order valence-corrected chi connectivity index (χ3v) is 15.7. The van der Waals surface area contributed by atoms with Gasteiger partial charge in [0.25, 0.3) is 0 Å². The molecule has 0 aromatic heterocycles. The molecule has 0 atom stereocenters. The van der Waals surface area contributed by atoms with E-state index in [4.69, 9.17) is 0 Å². The average molecular weight is 545 g/mol. The van der Waals surface area contributed by atoms with Crippen LogP contribution in [0.15, 0.2) is 60.7 Å². The fraction of sp³-hybridized carbons (Fsp3) is 0.500. The summed E-state index contributed by atoms with van der Waals surface area (Å²) in [5.41, 5.74) is 3.22. The molecular weight excluding hydrogens is 494 g/mol. The minimum absolute atomic E-state index is 0.242. The second-order valence-electron chi connectivity index (χ2n) is 15.1. The SMILES string of the molecule is CC(C)(C)P(Cc1ccc2ccc3ccc4ccccc4c3c2c1CP(C(C)(C)C)C(C)(C)C)C(C)(C)C. The van der Waals surface area contributed by atoms with E-state index in [9.17, 15) is 0 Å². The topological polar surface area (TPSA) is 0 Å². The first-order valence-electron chi connectivity index (χ1n) is 14.3. The summed E-state index contributed by atoms with van der Waals surface area (Å²) in [6.45, 7) is 29.6. The van der Waals surface area contributed by atoms with Crippen molar-refractivity contribution >= 4 is 48.2 Å². The van der Waals surface area contributed by atoms with Crippen LogP contribution in [0.2, 0.25) is 0 Å². The van der Waals surface area contributed by atoms with Gasteiger partial charge < -0.3 is 0 Å². The molecule has 0 amide bonds. The Morgan fingerprint density at radius 1 is 0.447 bits per heavy atom. The Morgan fingerprint density at radius 2 is 0.868 bits per heavy atom. The van der Waals surface area contributed by atoms with Crippen LogP contribution in [0.1, 0.15) is 94.2 Å². The van der Waals surface area contributed by atoms with Crippen LogP contribution in [0, 0.1) is 0 Å². The van der Waals surface area contributed by atoms with Gasteiger partial charge in [0, 0.05) is 0 Å². The first-order valence-corrected chi connectivity index (χ1v) is 17.3. The average Bonchev–Trinajstić information content (AvgIpc) is 2.77. The van der Waals surface area contributed by atoms with Gasteiger partial charge in [0.15, 0.2) is 0 Å². The van der Waals surface area contributed by atoms with Gasteiger partial charge in [-0.05, 0) is 76.4 Å². The van der Waals surface area contributed by atoms with Gasteiger partial charge in [-0.2, -0.15) is 0 Å². The highest BCUT2D eigenvalue weighted by Gasteiger charge is 2.37. The molecule has 204 valence electrons. The molecule has 0 nitrogen and oxygen atoms in total. The smallest absolute Gasteiger partial charge is 0.00238 e. The molecule has 4 aromatic carbocycles. The molecule has 0 saturated heterocycles. The van der Waals surface area contributed by atoms with Crippen molar-refractivity contribution in [1.82, 2.24) is 0 Å². The molecule has 2 heteroatoms. The second kappa shape index (κ2) is 10.2. The van der Waals surface area contributed by atoms with Crippen molar-refractivity contribution in [2.75, 3.05) is 0 Å². The van der Waals surface area contributed by atoms with Crippen LogP contribution >= 0.6 is 15.8 Å². The molecule has 0 aliphatic rings. The zero-order valence-electron chi connectivity index (χ0n) is 26.1. The van der Waals surface area contributed by atoms with Gasteiger partial charge in [-0.1, -0.05) is 160 Å². The zero-order valence-corrected chi connectivity index (χ0v) is 27.9. The van der Waals surface area contributed by atoms with E-state index in [0.29, 0.717) is 10.3 Å². The largest absolute Gasteiger partial charge is 0.0911 e. The van der Waals surface area contributed by atoms with Crippen LogP contribution in [0.3, 0.4) is 0 Å². The Kier molecular flexibility index (Phi) is 7.89. The van der Waals surface area contributed by atoms with Gasteiger partial charge in [-0.15, -0.1) is 0 Å². The zero-order chi connectivity index (χ0) is 28.3. The van der Waals surface area contributed by atoms with Gasteiger partial charge in [0.1, 0.15) is 0 Å². The van der Waals surface area contributed by atoms with Gasteiger partial charge in [-0.3, -0.25) is 0 Å². The fourth-order valence-electron chi connectivity index (χ4n) is 6.65. The number of hydrogen-bond donors (Lipinski definition) is 0. The molecule has 0 aliphatic carbocycles. The van der Waals surface area contributed by atoms with Crippen molar-refractivity contribution in [1.29, 1.82) is 0 Å². The lowest BCUT2D eigenvalue weighted by molar-refractivity contribution is 0.699. The lowest BCUT2D eigenvalue weighted by Crippen LogP contribution is -2.27. The quantitative estimate of drug-likeness (QED) is 0.177. The molecule has 0 saturated carbocycles. The summed E-state index contributed by atoms with van der Waals surface area (Å²) in [5, 5.41) is 9.58. The van der Waals surface area contributed by atoms with Crippen molar-refractivity contribution in [2.45, 2.75) is 116 Å². The van der Waals surface area contributed by atoms with Gasteiger partial charge in [0.05, 0.1) is 0 Å². The summed E-state index contributed by atoms with van der Waals surface area (Å²) in [6, 6.07) is 23.2. The maximum Gasteiger partial charge on any atom is -0.00238 e. The highest BCUT2D eigenvalue weighted by molar-refractivity contribution is 7.60. The molecule has 0 aliphatic heterocycles. The number of rotatable bonds is 4. The van der Waals surface area contributed by atoms with Gasteiger partial charge in [-0.25, -0.2) is 0 Å². The van der Waals surface area contributed by atoms with Crippen molar-refractivity contribution in [3.63, 3.8) is 0 Å². The molecule has 0 fully saturated rings. The molecule has 0 unspecified atom stereocenters. The highest BCUT2D eigenvalue weighted by Crippen LogP contribution is 2.64. The van der Waals surface area contributed by atoms with E-state index in [1.807, 2.05) is 0 Å². The van der Waals surface area contributed by atoms with E-state index >= 15 is 0 Å². The third kappa shape index (κ3) is 5.98. The predicted molar refractivity (Wildman–Crippen MR) is 179 cm³/mol. The van der Waals surface area contributed by atoms with Crippen LogP contribution in [-0.4, -0.2) is 20.6 Å². The van der Waals surface area contributed by atoms with Crippen molar-refractivity contribution < 1.29 is 0 Å². The lowest BCUT2D eigenvalue weighted by atomic mass is 9.92. The molecular formula is C36H50P2. The summed E-state index contributed by atoms with van der Waals surface area (Å²) in [5.74, 6) is 0. The lowest BCUT2D eigenvalue weighted by Gasteiger charge is -2.44. The third-order valence-electron chi connectivity index (χ3n) is 7.98. The predicted octanol–water partition coefficient (Wildman–Crippen LogP) is 12.3. The van der Waals surface area contributed by atoms with E-state index in [1.165, 1.54) is 44.6 Å². The van der Waals surface area contributed by atoms with E-state index in [-0.39, 0.29) is 26.2 Å². The van der Waals surface area contributed by atoms with Gasteiger partial charge in [0.2, 0.25) is 0 Å². The minimum atomic E-state index is -0.281. The molecule has 0 radical (unpaired) electrons. The molecule has 4 rings (SSSR count). The van der Waals surface area contributed by atoms with Crippen molar-refractivity contribution in [3.05, 3.63) is 71.8 Å². The first-order chi connectivity index (χ1) is 17.4. The molecule has 0 heterocycles. The number of benzene rings is 4. The Hall–Kier alpha value is -1.48. The Balaban J connectivity index is 2.12. The Morgan fingerprint density at radius 3 is 1.39 bits per heavy atom. The van der Waals surface area contributed by atoms with Crippen molar-refractivity contribution in [3.8, 4) is 0 Å². The molecule has 0 N–H and O–H groups in total. The summed E-state index contributed by atoms with van der Waals surface area (Å²) >= 11 is 0. The standard InChI is InChI=1S/C36H50P2/c1-33(2,3)37(34(4,5)6)23-28-22-21-27-20-19-26-18-17-25-15-13-14-16-29(25)31(26)32(27)30(28)24-38(35(7,8)9)36(10,11)12/h13-22H,23-24H2,1-12H3. The summed E-state index contributed by atoms with van der Waals surface area (Å²) in [7, 11) is -0.523. The molecule has 0 bridgehead atoms. The second-order valence-corrected chi connectivity index (χ2v) is 22.8. The van der Waals surface area contributed by atoms with Crippen LogP contribution in [0.5, 0.6) is 0 Å². The number of hydrogen-bond acceptors (Lipinski definition) is 0. The van der Waals surface area contributed by atoms with E-state index in [0.717, 1.165) is 0 Å². The van der Waals surface area contributed by atoms with Crippen LogP contribution in [0.25, 0.3) is 32.3 Å². The summed E-state index contributed by atoms with van der Waals surface area (Å²) in [6.07, 6.45) is 2.36. The maximum atomic E-state index is 2.50. The molecule has 0 spiro atoms. The summed E-state index contributed by atoms with van der Waals surface area (Å²) in [4.78, 5) is 0.